The lowest BCUT2D eigenvalue weighted by Crippen LogP contribution is -2.00. The third-order valence-electron chi connectivity index (χ3n) is 1.40. The molecule has 13 heavy (non-hydrogen) atoms. The Morgan fingerprint density at radius 3 is 2.77 bits per heavy atom. The van der Waals surface area contributed by atoms with Crippen LogP contribution in [0, 0.1) is 0 Å². The van der Waals surface area contributed by atoms with Crippen molar-refractivity contribution in [3.05, 3.63) is 23.2 Å². The standard InChI is InChI=1S/C8H8ClNO2S/c1-12-7-3-2-5(4-6(7)9)10-8(11)13/h2-4H,1H3,(H2,10,11,13). The van der Waals surface area contributed by atoms with E-state index in [1.54, 1.807) is 18.2 Å². The Morgan fingerprint density at radius 1 is 1.62 bits per heavy atom. The molecule has 1 aromatic rings. The van der Waals surface area contributed by atoms with Gasteiger partial charge in [-0.3, -0.25) is 4.79 Å². The maximum atomic E-state index is 10.6. The summed E-state index contributed by atoms with van der Waals surface area (Å²) in [4.78, 5) is 10.6. The van der Waals surface area contributed by atoms with Crippen molar-refractivity contribution < 1.29 is 9.53 Å². The van der Waals surface area contributed by atoms with Crippen LogP contribution in [0.5, 0.6) is 5.75 Å². The van der Waals surface area contributed by atoms with E-state index in [1.807, 2.05) is 0 Å². The van der Waals surface area contributed by atoms with E-state index < -0.39 is 5.24 Å². The van der Waals surface area contributed by atoms with Crippen LogP contribution in [0.3, 0.4) is 0 Å². The number of carbonyl (C=O) groups is 1. The third kappa shape index (κ3) is 2.82. The summed E-state index contributed by atoms with van der Waals surface area (Å²) in [6.45, 7) is 0. The van der Waals surface area contributed by atoms with Crippen LogP contribution in [-0.2, 0) is 0 Å². The summed E-state index contributed by atoms with van der Waals surface area (Å²) in [5.41, 5.74) is 0.589. The zero-order valence-corrected chi connectivity index (χ0v) is 8.52. The number of rotatable bonds is 2. The van der Waals surface area contributed by atoms with Crippen LogP contribution < -0.4 is 10.1 Å². The van der Waals surface area contributed by atoms with E-state index in [1.165, 1.54) is 7.11 Å². The number of hydrogen-bond acceptors (Lipinski definition) is 2. The fourth-order valence-corrected chi connectivity index (χ4v) is 1.25. The van der Waals surface area contributed by atoms with Crippen molar-refractivity contribution in [1.29, 1.82) is 0 Å². The molecule has 0 spiro atoms. The Hall–Kier alpha value is -0.870. The van der Waals surface area contributed by atoms with Crippen molar-refractivity contribution in [1.82, 2.24) is 0 Å². The summed E-state index contributed by atoms with van der Waals surface area (Å²) in [5.74, 6) is 0.568. The lowest BCUT2D eigenvalue weighted by molar-refractivity contribution is 0.270. The highest BCUT2D eigenvalue weighted by Crippen LogP contribution is 2.27. The molecule has 0 atom stereocenters. The van der Waals surface area contributed by atoms with Gasteiger partial charge in [-0.25, -0.2) is 0 Å². The van der Waals surface area contributed by atoms with Crippen LogP contribution in [-0.4, -0.2) is 12.3 Å². The van der Waals surface area contributed by atoms with E-state index in [-0.39, 0.29) is 0 Å². The molecule has 0 heterocycles. The molecule has 0 aromatic heterocycles. The molecule has 0 aliphatic heterocycles. The van der Waals surface area contributed by atoms with Crippen molar-refractivity contribution in [2.75, 3.05) is 12.4 Å². The second-order valence-corrected chi connectivity index (χ2v) is 3.09. The molecule has 0 fully saturated rings. The van der Waals surface area contributed by atoms with E-state index in [9.17, 15) is 4.79 Å². The number of nitrogens with one attached hydrogen (secondary N) is 1. The van der Waals surface area contributed by atoms with Crippen molar-refractivity contribution in [2.45, 2.75) is 0 Å². The molecular formula is C8H8ClNO2S. The van der Waals surface area contributed by atoms with E-state index in [4.69, 9.17) is 16.3 Å². The molecule has 0 saturated carbocycles. The van der Waals surface area contributed by atoms with E-state index in [0.717, 1.165) is 0 Å². The largest absolute Gasteiger partial charge is 0.495 e. The highest BCUT2D eigenvalue weighted by Gasteiger charge is 2.02. The molecule has 0 aliphatic carbocycles. The molecule has 3 nitrogen and oxygen atoms in total. The fourth-order valence-electron chi connectivity index (χ4n) is 0.868. The molecule has 0 aliphatic rings. The average molecular weight is 218 g/mol. The number of carbonyl (C=O) groups excluding carboxylic acids is 1. The number of ether oxygens (including phenoxy) is 1. The smallest absolute Gasteiger partial charge is 0.280 e. The van der Waals surface area contributed by atoms with Gasteiger partial charge < -0.3 is 10.1 Å². The maximum Gasteiger partial charge on any atom is 0.280 e. The van der Waals surface area contributed by atoms with Crippen LogP contribution in [0.1, 0.15) is 0 Å². The Kier molecular flexibility index (Phi) is 3.45. The van der Waals surface area contributed by atoms with Crippen molar-refractivity contribution in [3.8, 4) is 5.75 Å². The average Bonchev–Trinajstić information content (AvgIpc) is 2.03. The summed E-state index contributed by atoms with van der Waals surface area (Å²) < 4.78 is 4.94. The van der Waals surface area contributed by atoms with Crippen LogP contribution in [0.15, 0.2) is 18.2 Å². The van der Waals surface area contributed by atoms with Gasteiger partial charge in [0.1, 0.15) is 5.75 Å². The molecule has 1 rings (SSSR count). The van der Waals surface area contributed by atoms with Gasteiger partial charge in [0.15, 0.2) is 0 Å². The highest BCUT2D eigenvalue weighted by molar-refractivity contribution is 7.96. The number of anilines is 1. The molecule has 70 valence electrons. The summed E-state index contributed by atoms with van der Waals surface area (Å²) in [6.07, 6.45) is 0. The predicted octanol–water partition coefficient (Wildman–Crippen LogP) is 2.81. The second kappa shape index (κ2) is 4.39. The lowest BCUT2D eigenvalue weighted by Gasteiger charge is -2.05. The first-order chi connectivity index (χ1) is 6.13. The summed E-state index contributed by atoms with van der Waals surface area (Å²) >= 11 is 9.38. The molecular weight excluding hydrogens is 210 g/mol. The van der Waals surface area contributed by atoms with Crippen LogP contribution in [0.2, 0.25) is 5.02 Å². The monoisotopic (exact) mass is 217 g/mol. The SMILES string of the molecule is COc1ccc(NC(=O)S)cc1Cl. The van der Waals surface area contributed by atoms with Gasteiger partial charge in [0, 0.05) is 5.69 Å². The normalized spacial score (nSPS) is 9.46. The number of hydrogen-bond donors (Lipinski definition) is 2. The first-order valence-corrected chi connectivity index (χ1v) is 4.29. The quantitative estimate of drug-likeness (QED) is 0.748. The summed E-state index contributed by atoms with van der Waals surface area (Å²) in [5, 5.41) is 2.50. The molecule has 0 radical (unpaired) electrons. The van der Waals surface area contributed by atoms with E-state index >= 15 is 0 Å². The Bertz CT molecular complexity index is 330. The second-order valence-electron chi connectivity index (χ2n) is 2.28. The minimum absolute atomic E-state index is 0.429. The maximum absolute atomic E-state index is 10.6. The minimum Gasteiger partial charge on any atom is -0.495 e. The first-order valence-electron chi connectivity index (χ1n) is 3.47. The highest BCUT2D eigenvalue weighted by atomic mass is 35.5. The van der Waals surface area contributed by atoms with Crippen LogP contribution in [0.4, 0.5) is 10.5 Å². The van der Waals surface area contributed by atoms with Gasteiger partial charge in [-0.05, 0) is 18.2 Å². The lowest BCUT2D eigenvalue weighted by atomic mass is 10.3. The summed E-state index contributed by atoms with van der Waals surface area (Å²) in [7, 11) is 1.53. The molecule has 1 amide bonds. The van der Waals surface area contributed by atoms with Crippen molar-refractivity contribution in [3.63, 3.8) is 0 Å². The topological polar surface area (TPSA) is 38.3 Å². The van der Waals surface area contributed by atoms with Crippen molar-refractivity contribution in [2.24, 2.45) is 0 Å². The zero-order chi connectivity index (χ0) is 9.84. The van der Waals surface area contributed by atoms with Gasteiger partial charge >= 0.3 is 0 Å². The summed E-state index contributed by atoms with van der Waals surface area (Å²) in [6, 6.07) is 4.94. The minimum atomic E-state index is -0.429. The van der Waals surface area contributed by atoms with Gasteiger partial charge in [0.25, 0.3) is 5.24 Å². The number of methoxy groups -OCH3 is 1. The van der Waals surface area contributed by atoms with Gasteiger partial charge in [0.2, 0.25) is 0 Å². The van der Waals surface area contributed by atoms with Crippen LogP contribution >= 0.6 is 24.2 Å². The molecule has 5 heteroatoms. The van der Waals surface area contributed by atoms with Crippen molar-refractivity contribution >= 4 is 35.2 Å². The first kappa shape index (κ1) is 10.2. The molecule has 0 bridgehead atoms. The van der Waals surface area contributed by atoms with Gasteiger partial charge in [-0.15, -0.1) is 0 Å². The molecule has 0 unspecified atom stereocenters. The number of benzene rings is 1. The van der Waals surface area contributed by atoms with E-state index in [2.05, 4.69) is 17.9 Å². The Morgan fingerprint density at radius 2 is 2.31 bits per heavy atom. The predicted molar refractivity (Wildman–Crippen MR) is 56.0 cm³/mol. The third-order valence-corrected chi connectivity index (χ3v) is 1.81. The van der Waals surface area contributed by atoms with Gasteiger partial charge in [-0.1, -0.05) is 24.2 Å². The van der Waals surface area contributed by atoms with Crippen LogP contribution in [0.25, 0.3) is 0 Å². The Balaban J connectivity index is 2.89. The number of thiol groups is 1. The van der Waals surface area contributed by atoms with E-state index in [0.29, 0.717) is 16.5 Å². The fraction of sp³-hybridized carbons (Fsp3) is 0.125. The zero-order valence-electron chi connectivity index (χ0n) is 6.87. The molecule has 1 aromatic carbocycles. The molecule has 0 saturated heterocycles. The van der Waals surface area contributed by atoms with Gasteiger partial charge in [-0.2, -0.15) is 0 Å². The number of halogens is 1. The molecule has 1 N–H and O–H groups in total. The number of amides is 1. The Labute approximate surface area is 86.4 Å². The van der Waals surface area contributed by atoms with Gasteiger partial charge in [0.05, 0.1) is 12.1 Å².